The van der Waals surface area contributed by atoms with Crippen molar-refractivity contribution in [2.24, 2.45) is 0 Å². The zero-order valence-corrected chi connectivity index (χ0v) is 9.00. The van der Waals surface area contributed by atoms with Crippen molar-refractivity contribution in [3.05, 3.63) is 17.8 Å². The van der Waals surface area contributed by atoms with Gasteiger partial charge >= 0.3 is 0 Å². The Morgan fingerprint density at radius 1 is 1.43 bits per heavy atom. The summed E-state index contributed by atoms with van der Waals surface area (Å²) < 4.78 is 0. The van der Waals surface area contributed by atoms with Crippen LogP contribution < -0.4 is 4.90 Å². The van der Waals surface area contributed by atoms with E-state index < -0.39 is 0 Å². The molecular formula is C10H13N3S. The summed E-state index contributed by atoms with van der Waals surface area (Å²) in [5.74, 6) is 2.32. The van der Waals surface area contributed by atoms with E-state index in [1.807, 2.05) is 13.0 Å². The molecule has 1 aromatic heterocycles. The van der Waals surface area contributed by atoms with Gasteiger partial charge in [-0.2, -0.15) is 16.9 Å². The highest BCUT2D eigenvalue weighted by molar-refractivity contribution is 8.00. The van der Waals surface area contributed by atoms with Gasteiger partial charge in [-0.3, -0.25) is 0 Å². The number of nitrogens with zero attached hydrogens (tertiary/aromatic N) is 3. The molecule has 14 heavy (non-hydrogen) atoms. The van der Waals surface area contributed by atoms with E-state index in [-0.39, 0.29) is 0 Å². The molecule has 3 rings (SSSR count). The minimum Gasteiger partial charge on any atom is -0.350 e. The molecule has 2 bridgehead atoms. The minimum absolute atomic E-state index is 0.710. The predicted octanol–water partition coefficient (Wildman–Crippen LogP) is 1.48. The van der Waals surface area contributed by atoms with Gasteiger partial charge in [0.05, 0.1) is 5.69 Å². The van der Waals surface area contributed by atoms with E-state index in [9.17, 15) is 0 Å². The number of hydrogen-bond acceptors (Lipinski definition) is 4. The van der Waals surface area contributed by atoms with Gasteiger partial charge in [0.25, 0.3) is 0 Å². The van der Waals surface area contributed by atoms with Crippen LogP contribution in [-0.2, 0) is 0 Å². The maximum atomic E-state index is 4.25. The second kappa shape index (κ2) is 3.12. The van der Waals surface area contributed by atoms with Gasteiger partial charge in [0.15, 0.2) is 5.82 Å². The van der Waals surface area contributed by atoms with Crippen molar-refractivity contribution in [1.29, 1.82) is 0 Å². The molecule has 0 amide bonds. The summed E-state index contributed by atoms with van der Waals surface area (Å²) in [7, 11) is 0. The van der Waals surface area contributed by atoms with Crippen molar-refractivity contribution in [2.45, 2.75) is 24.6 Å². The standard InChI is InChI=1S/C10H13N3S/c1-7-2-3-10(12-11-7)13-5-9-4-8(13)6-14-9/h2-3,8-9H,4-6H2,1H3. The van der Waals surface area contributed by atoms with Crippen LogP contribution in [0.4, 0.5) is 5.82 Å². The third-order valence-corrected chi connectivity index (χ3v) is 4.37. The first-order valence-electron chi connectivity index (χ1n) is 5.01. The molecule has 2 fully saturated rings. The molecule has 3 nitrogen and oxygen atoms in total. The van der Waals surface area contributed by atoms with Crippen LogP contribution in [-0.4, -0.2) is 33.8 Å². The second-order valence-corrected chi connectivity index (χ2v) is 5.36. The summed E-state index contributed by atoms with van der Waals surface area (Å²) in [5, 5.41) is 9.19. The summed E-state index contributed by atoms with van der Waals surface area (Å²) in [6, 6.07) is 4.84. The van der Waals surface area contributed by atoms with Crippen molar-refractivity contribution in [1.82, 2.24) is 10.2 Å². The van der Waals surface area contributed by atoms with Crippen LogP contribution in [0, 0.1) is 6.92 Å². The van der Waals surface area contributed by atoms with Gasteiger partial charge in [-0.1, -0.05) is 0 Å². The fraction of sp³-hybridized carbons (Fsp3) is 0.600. The predicted molar refractivity (Wildman–Crippen MR) is 58.8 cm³/mol. The molecule has 2 aliphatic rings. The Morgan fingerprint density at radius 3 is 2.93 bits per heavy atom. The maximum Gasteiger partial charge on any atom is 0.151 e. The first-order chi connectivity index (χ1) is 6.83. The minimum atomic E-state index is 0.710. The molecule has 0 saturated carbocycles. The lowest BCUT2D eigenvalue weighted by molar-refractivity contribution is 0.741. The molecule has 4 heteroatoms. The van der Waals surface area contributed by atoms with Gasteiger partial charge in [0, 0.05) is 23.6 Å². The zero-order valence-electron chi connectivity index (χ0n) is 8.18. The van der Waals surface area contributed by atoms with Crippen LogP contribution >= 0.6 is 11.8 Å². The van der Waals surface area contributed by atoms with Crippen molar-refractivity contribution in [2.75, 3.05) is 17.2 Å². The van der Waals surface area contributed by atoms with E-state index in [4.69, 9.17) is 0 Å². The highest BCUT2D eigenvalue weighted by Crippen LogP contribution is 2.39. The molecule has 0 aliphatic carbocycles. The number of rotatable bonds is 1. The molecule has 0 radical (unpaired) electrons. The molecule has 3 heterocycles. The third-order valence-electron chi connectivity index (χ3n) is 2.98. The fourth-order valence-corrected chi connectivity index (χ4v) is 3.66. The van der Waals surface area contributed by atoms with Crippen molar-refractivity contribution in [3.8, 4) is 0 Å². The average Bonchev–Trinajstić information content (AvgIpc) is 2.80. The lowest BCUT2D eigenvalue weighted by Gasteiger charge is -2.27. The zero-order chi connectivity index (χ0) is 9.54. The third kappa shape index (κ3) is 1.29. The van der Waals surface area contributed by atoms with Crippen molar-refractivity contribution in [3.63, 3.8) is 0 Å². The van der Waals surface area contributed by atoms with Gasteiger partial charge in [-0.15, -0.1) is 5.10 Å². The summed E-state index contributed by atoms with van der Waals surface area (Å²) >= 11 is 2.10. The van der Waals surface area contributed by atoms with E-state index in [0.29, 0.717) is 6.04 Å². The van der Waals surface area contributed by atoms with E-state index in [1.54, 1.807) is 0 Å². The number of thioether (sulfide) groups is 1. The van der Waals surface area contributed by atoms with Gasteiger partial charge in [-0.25, -0.2) is 0 Å². The maximum absolute atomic E-state index is 4.25. The SMILES string of the molecule is Cc1ccc(N2CC3CC2CS3)nn1. The molecule has 2 saturated heterocycles. The smallest absolute Gasteiger partial charge is 0.151 e. The van der Waals surface area contributed by atoms with E-state index >= 15 is 0 Å². The van der Waals surface area contributed by atoms with Gasteiger partial charge in [-0.05, 0) is 25.5 Å². The van der Waals surface area contributed by atoms with Crippen LogP contribution in [0.5, 0.6) is 0 Å². The van der Waals surface area contributed by atoms with Gasteiger partial charge < -0.3 is 4.90 Å². The van der Waals surface area contributed by atoms with Crippen molar-refractivity contribution < 1.29 is 0 Å². The first-order valence-corrected chi connectivity index (χ1v) is 6.06. The van der Waals surface area contributed by atoms with Crippen LogP contribution in [0.3, 0.4) is 0 Å². The lowest BCUT2D eigenvalue weighted by atomic mass is 10.2. The molecule has 2 unspecified atom stereocenters. The van der Waals surface area contributed by atoms with Crippen LogP contribution in [0.25, 0.3) is 0 Å². The Morgan fingerprint density at radius 2 is 2.36 bits per heavy atom. The van der Waals surface area contributed by atoms with Crippen LogP contribution in [0.2, 0.25) is 0 Å². The number of aromatic nitrogens is 2. The number of anilines is 1. The fourth-order valence-electron chi connectivity index (χ4n) is 2.23. The monoisotopic (exact) mass is 207 g/mol. The van der Waals surface area contributed by atoms with E-state index in [1.165, 1.54) is 12.2 Å². The molecule has 2 atom stereocenters. The summed E-state index contributed by atoms with van der Waals surface area (Å²) in [4.78, 5) is 2.41. The topological polar surface area (TPSA) is 29.0 Å². The van der Waals surface area contributed by atoms with Gasteiger partial charge in [0.1, 0.15) is 0 Å². The molecule has 0 spiro atoms. The van der Waals surface area contributed by atoms with E-state index in [0.717, 1.165) is 23.3 Å². The molecule has 2 aliphatic heterocycles. The van der Waals surface area contributed by atoms with Crippen LogP contribution in [0.1, 0.15) is 12.1 Å². The molecule has 1 aromatic rings. The quantitative estimate of drug-likeness (QED) is 0.697. The highest BCUT2D eigenvalue weighted by Gasteiger charge is 2.39. The van der Waals surface area contributed by atoms with Crippen LogP contribution in [0.15, 0.2) is 12.1 Å². The van der Waals surface area contributed by atoms with Gasteiger partial charge in [0.2, 0.25) is 0 Å². The van der Waals surface area contributed by atoms with E-state index in [2.05, 4.69) is 32.9 Å². The normalized spacial score (nSPS) is 29.9. The number of fused-ring (bicyclic) bond motifs is 2. The Labute approximate surface area is 87.9 Å². The van der Waals surface area contributed by atoms with Crippen molar-refractivity contribution >= 4 is 17.6 Å². The largest absolute Gasteiger partial charge is 0.350 e. The Hall–Kier alpha value is -0.770. The summed E-state index contributed by atoms with van der Waals surface area (Å²) in [6.45, 7) is 3.13. The summed E-state index contributed by atoms with van der Waals surface area (Å²) in [6.07, 6.45) is 1.33. The number of hydrogen-bond donors (Lipinski definition) is 0. The molecule has 0 N–H and O–H groups in total. The first kappa shape index (κ1) is 8.53. The summed E-state index contributed by atoms with van der Waals surface area (Å²) in [5.41, 5.74) is 0.993. The lowest BCUT2D eigenvalue weighted by Crippen LogP contribution is -2.34. The highest BCUT2D eigenvalue weighted by atomic mass is 32.2. The Kier molecular flexibility index (Phi) is 1.90. The molecule has 74 valence electrons. The Bertz CT molecular complexity index is 338. The number of aryl methyl sites for hydroxylation is 1. The second-order valence-electron chi connectivity index (χ2n) is 4.03. The average molecular weight is 207 g/mol. The molecular weight excluding hydrogens is 194 g/mol. The molecule has 0 aromatic carbocycles. The Balaban J connectivity index is 1.86.